The van der Waals surface area contributed by atoms with E-state index in [-0.39, 0.29) is 59.9 Å². The number of carbonyl (C=O) groups is 2. The minimum absolute atomic E-state index is 0.00569. The number of pyridine rings is 1. The van der Waals surface area contributed by atoms with Gasteiger partial charge >= 0.3 is 5.97 Å². The number of halogens is 2. The number of amides is 1. The molecule has 5 rings (SSSR count). The summed E-state index contributed by atoms with van der Waals surface area (Å²) in [5.41, 5.74) is 1.02. The SMILES string of the molecule is Cc1nc2c(F)cc(-c3nc(Nc4ccc(C(=O)N5CCOC[C@H]5C(=O)O)cn4)ncc3F)cc2n1C(C)C. The summed E-state index contributed by atoms with van der Waals surface area (Å²) < 4.78 is 36.8. The molecule has 39 heavy (non-hydrogen) atoms. The number of rotatable bonds is 6. The first-order valence-corrected chi connectivity index (χ1v) is 12.2. The van der Waals surface area contributed by atoms with Crippen LogP contribution < -0.4 is 5.32 Å². The molecule has 13 heteroatoms. The highest BCUT2D eigenvalue weighted by Gasteiger charge is 2.33. The van der Waals surface area contributed by atoms with Crippen LogP contribution in [-0.4, -0.2) is 72.2 Å². The number of benzene rings is 1. The number of imidazole rings is 1. The Kier molecular flexibility index (Phi) is 6.91. The summed E-state index contributed by atoms with van der Waals surface area (Å²) in [7, 11) is 0. The van der Waals surface area contributed by atoms with Gasteiger partial charge in [-0.25, -0.2) is 33.5 Å². The second kappa shape index (κ2) is 10.3. The van der Waals surface area contributed by atoms with Gasteiger partial charge in [-0.3, -0.25) is 4.79 Å². The second-order valence-electron chi connectivity index (χ2n) is 9.32. The molecule has 4 heterocycles. The third-order valence-electron chi connectivity index (χ3n) is 6.38. The fourth-order valence-corrected chi connectivity index (χ4v) is 4.61. The van der Waals surface area contributed by atoms with Crippen LogP contribution in [-0.2, 0) is 9.53 Å². The zero-order valence-corrected chi connectivity index (χ0v) is 21.4. The predicted octanol–water partition coefficient (Wildman–Crippen LogP) is 3.73. The Bertz CT molecular complexity index is 1570. The largest absolute Gasteiger partial charge is 0.480 e. The van der Waals surface area contributed by atoms with Crippen molar-refractivity contribution in [1.82, 2.24) is 29.4 Å². The molecule has 1 saturated heterocycles. The number of ether oxygens (including phenoxy) is 1. The van der Waals surface area contributed by atoms with Crippen LogP contribution in [0, 0.1) is 18.6 Å². The van der Waals surface area contributed by atoms with Crippen molar-refractivity contribution in [2.45, 2.75) is 32.9 Å². The molecule has 1 aliphatic heterocycles. The maximum atomic E-state index is 14.9. The zero-order chi connectivity index (χ0) is 27.8. The number of anilines is 2. The lowest BCUT2D eigenvalue weighted by Crippen LogP contribution is -2.52. The van der Waals surface area contributed by atoms with E-state index in [0.29, 0.717) is 11.3 Å². The Balaban J connectivity index is 1.40. The van der Waals surface area contributed by atoms with E-state index in [1.165, 1.54) is 29.3 Å². The van der Waals surface area contributed by atoms with Gasteiger partial charge in [0.2, 0.25) is 5.95 Å². The summed E-state index contributed by atoms with van der Waals surface area (Å²) in [6.07, 6.45) is 2.27. The average molecular weight is 538 g/mol. The number of hydrogen-bond donors (Lipinski definition) is 2. The van der Waals surface area contributed by atoms with Gasteiger partial charge < -0.3 is 24.6 Å². The van der Waals surface area contributed by atoms with E-state index in [1.807, 2.05) is 18.4 Å². The number of fused-ring (bicyclic) bond motifs is 1. The van der Waals surface area contributed by atoms with Crippen LogP contribution >= 0.6 is 0 Å². The van der Waals surface area contributed by atoms with Crippen molar-refractivity contribution in [3.05, 3.63) is 59.7 Å². The quantitative estimate of drug-likeness (QED) is 0.377. The van der Waals surface area contributed by atoms with Crippen LogP contribution in [0.5, 0.6) is 0 Å². The fourth-order valence-electron chi connectivity index (χ4n) is 4.61. The van der Waals surface area contributed by atoms with Gasteiger partial charge in [0, 0.05) is 24.3 Å². The van der Waals surface area contributed by atoms with Gasteiger partial charge in [0.25, 0.3) is 5.91 Å². The van der Waals surface area contributed by atoms with E-state index in [0.717, 1.165) is 6.20 Å². The van der Waals surface area contributed by atoms with Crippen molar-refractivity contribution < 1.29 is 28.2 Å². The first-order valence-electron chi connectivity index (χ1n) is 12.2. The Labute approximate surface area is 221 Å². The number of carboxylic acids is 1. The van der Waals surface area contributed by atoms with Crippen LogP contribution in [0.2, 0.25) is 0 Å². The highest BCUT2D eigenvalue weighted by Crippen LogP contribution is 2.30. The van der Waals surface area contributed by atoms with Crippen molar-refractivity contribution in [2.75, 3.05) is 25.1 Å². The third kappa shape index (κ3) is 5.00. The summed E-state index contributed by atoms with van der Waals surface area (Å²) in [6.45, 7) is 5.97. The van der Waals surface area contributed by atoms with Crippen LogP contribution in [0.25, 0.3) is 22.3 Å². The standard InChI is InChI=1S/C26H25F2N7O4/c1-13(2)35-14(3)31-23-17(27)8-16(9-19(23)35)22-18(28)11-30-26(33-22)32-21-5-4-15(10-29-21)24(36)34-6-7-39-12-20(34)25(37)38/h4-5,8-11,13,20H,6-7,12H2,1-3H3,(H,37,38)(H,29,30,32,33)/t20-/m0/s1. The lowest BCUT2D eigenvalue weighted by atomic mass is 10.1. The lowest BCUT2D eigenvalue weighted by Gasteiger charge is -2.32. The molecular formula is C26H25F2N7O4. The molecular weight excluding hydrogens is 512 g/mol. The van der Waals surface area contributed by atoms with Crippen LogP contribution in [0.3, 0.4) is 0 Å². The molecule has 1 fully saturated rings. The second-order valence-corrected chi connectivity index (χ2v) is 9.32. The predicted molar refractivity (Wildman–Crippen MR) is 137 cm³/mol. The molecule has 0 spiro atoms. The summed E-state index contributed by atoms with van der Waals surface area (Å²) >= 11 is 0. The topological polar surface area (TPSA) is 135 Å². The van der Waals surface area contributed by atoms with Gasteiger partial charge in [-0.2, -0.15) is 0 Å². The number of aliphatic carboxylic acids is 1. The number of hydrogen-bond acceptors (Lipinski definition) is 8. The van der Waals surface area contributed by atoms with E-state index in [4.69, 9.17) is 4.74 Å². The fraction of sp³-hybridized carbons (Fsp3) is 0.308. The van der Waals surface area contributed by atoms with E-state index >= 15 is 0 Å². The van der Waals surface area contributed by atoms with E-state index < -0.39 is 29.6 Å². The summed E-state index contributed by atoms with van der Waals surface area (Å²) in [5, 5.41) is 12.2. The molecule has 0 saturated carbocycles. The molecule has 4 aromatic rings. The zero-order valence-electron chi connectivity index (χ0n) is 21.4. The Morgan fingerprint density at radius 2 is 1.92 bits per heavy atom. The minimum Gasteiger partial charge on any atom is -0.480 e. The number of nitrogens with zero attached hydrogens (tertiary/aromatic N) is 6. The van der Waals surface area contributed by atoms with Crippen molar-refractivity contribution >= 4 is 34.7 Å². The molecule has 1 atom stereocenters. The molecule has 11 nitrogen and oxygen atoms in total. The monoisotopic (exact) mass is 537 g/mol. The number of nitrogens with one attached hydrogen (secondary N) is 1. The molecule has 0 unspecified atom stereocenters. The first kappa shape index (κ1) is 26.1. The van der Waals surface area contributed by atoms with Crippen molar-refractivity contribution in [1.29, 1.82) is 0 Å². The Morgan fingerprint density at radius 3 is 2.62 bits per heavy atom. The van der Waals surface area contributed by atoms with Crippen molar-refractivity contribution in [3.63, 3.8) is 0 Å². The normalized spacial score (nSPS) is 15.6. The highest BCUT2D eigenvalue weighted by molar-refractivity contribution is 5.96. The molecule has 2 N–H and O–H groups in total. The molecule has 3 aromatic heterocycles. The number of aryl methyl sites for hydroxylation is 1. The summed E-state index contributed by atoms with van der Waals surface area (Å²) in [4.78, 5) is 42.2. The van der Waals surface area contributed by atoms with Crippen LogP contribution in [0.4, 0.5) is 20.5 Å². The maximum Gasteiger partial charge on any atom is 0.328 e. The van der Waals surface area contributed by atoms with E-state index in [9.17, 15) is 23.5 Å². The summed E-state index contributed by atoms with van der Waals surface area (Å²) in [5.74, 6) is -2.06. The molecule has 1 aromatic carbocycles. The number of carboxylic acid groups (broad SMARTS) is 1. The molecule has 0 aliphatic carbocycles. The average Bonchev–Trinajstić information content (AvgIpc) is 3.26. The van der Waals surface area contributed by atoms with Crippen LogP contribution in [0.1, 0.15) is 36.1 Å². The molecule has 0 radical (unpaired) electrons. The van der Waals surface area contributed by atoms with Crippen molar-refractivity contribution in [3.8, 4) is 11.3 Å². The van der Waals surface area contributed by atoms with Gasteiger partial charge in [0.05, 0.1) is 30.5 Å². The Hall–Kier alpha value is -4.52. The third-order valence-corrected chi connectivity index (χ3v) is 6.38. The van der Waals surface area contributed by atoms with Gasteiger partial charge in [0.15, 0.2) is 17.7 Å². The minimum atomic E-state index is -1.15. The molecule has 1 amide bonds. The molecule has 0 bridgehead atoms. The first-order chi connectivity index (χ1) is 18.6. The summed E-state index contributed by atoms with van der Waals surface area (Å²) in [6, 6.07) is 4.73. The Morgan fingerprint density at radius 1 is 1.13 bits per heavy atom. The van der Waals surface area contributed by atoms with Gasteiger partial charge in [0.1, 0.15) is 22.9 Å². The molecule has 202 valence electrons. The van der Waals surface area contributed by atoms with Gasteiger partial charge in [-0.1, -0.05) is 0 Å². The lowest BCUT2D eigenvalue weighted by molar-refractivity contribution is -0.147. The van der Waals surface area contributed by atoms with Gasteiger partial charge in [-0.15, -0.1) is 0 Å². The van der Waals surface area contributed by atoms with E-state index in [1.54, 1.807) is 13.0 Å². The van der Waals surface area contributed by atoms with Crippen molar-refractivity contribution in [2.24, 2.45) is 0 Å². The van der Waals surface area contributed by atoms with Gasteiger partial charge in [-0.05, 0) is 45.0 Å². The van der Waals surface area contributed by atoms with Crippen LogP contribution in [0.15, 0.2) is 36.7 Å². The number of morpholine rings is 1. The maximum absolute atomic E-state index is 14.9. The highest BCUT2D eigenvalue weighted by atomic mass is 19.1. The number of carbonyl (C=O) groups excluding carboxylic acids is 1. The smallest absolute Gasteiger partial charge is 0.328 e. The number of aromatic nitrogens is 5. The molecule has 1 aliphatic rings. The van der Waals surface area contributed by atoms with E-state index in [2.05, 4.69) is 25.3 Å².